The highest BCUT2D eigenvalue weighted by Crippen LogP contribution is 2.24. The number of esters is 1. The molecule has 0 fully saturated rings. The summed E-state index contributed by atoms with van der Waals surface area (Å²) in [7, 11) is 0. The topological polar surface area (TPSA) is 46.5 Å². The normalized spacial score (nSPS) is 10.5. The first-order valence-electron chi connectivity index (χ1n) is 8.13. The van der Waals surface area contributed by atoms with E-state index in [0.717, 1.165) is 28.7 Å². The van der Waals surface area contributed by atoms with E-state index in [1.54, 1.807) is 6.92 Å². The predicted molar refractivity (Wildman–Crippen MR) is 96.6 cm³/mol. The average Bonchev–Trinajstić information content (AvgIpc) is 2.58. The molecule has 0 unspecified atom stereocenters. The van der Waals surface area contributed by atoms with Gasteiger partial charge < -0.3 is 9.84 Å². The van der Waals surface area contributed by atoms with Gasteiger partial charge in [0.05, 0.1) is 0 Å². The molecular formula is C21H24O3. The summed E-state index contributed by atoms with van der Waals surface area (Å²) in [4.78, 5) is 11.7. The zero-order chi connectivity index (χ0) is 17.5. The van der Waals surface area contributed by atoms with Crippen LogP contribution < -0.4 is 0 Å². The Morgan fingerprint density at radius 2 is 1.75 bits per heavy atom. The Bertz CT molecular complexity index is 714. The van der Waals surface area contributed by atoms with E-state index in [1.165, 1.54) is 5.56 Å². The van der Waals surface area contributed by atoms with Gasteiger partial charge in [0.25, 0.3) is 0 Å². The van der Waals surface area contributed by atoms with Gasteiger partial charge >= 0.3 is 5.97 Å². The van der Waals surface area contributed by atoms with Crippen LogP contribution in [0, 0.1) is 6.92 Å². The highest BCUT2D eigenvalue weighted by atomic mass is 16.5. The molecule has 0 amide bonds. The van der Waals surface area contributed by atoms with Crippen LogP contribution in [0.15, 0.2) is 54.6 Å². The van der Waals surface area contributed by atoms with Crippen LogP contribution in [0.25, 0.3) is 11.1 Å². The first-order chi connectivity index (χ1) is 11.5. The Morgan fingerprint density at radius 1 is 1.08 bits per heavy atom. The van der Waals surface area contributed by atoms with E-state index in [9.17, 15) is 4.79 Å². The Labute approximate surface area is 143 Å². The maximum atomic E-state index is 11.7. The lowest BCUT2D eigenvalue weighted by molar-refractivity contribution is -0.140. The summed E-state index contributed by atoms with van der Waals surface area (Å²) in [6.45, 7) is 7.66. The van der Waals surface area contributed by atoms with Gasteiger partial charge in [-0.1, -0.05) is 48.5 Å². The second-order valence-electron chi connectivity index (χ2n) is 6.03. The van der Waals surface area contributed by atoms with Gasteiger partial charge in [-0.2, -0.15) is 0 Å². The van der Waals surface area contributed by atoms with Crippen molar-refractivity contribution in [2.75, 3.05) is 6.61 Å². The largest absolute Gasteiger partial charge is 0.457 e. The highest BCUT2D eigenvalue weighted by molar-refractivity contribution is 5.86. The van der Waals surface area contributed by atoms with Crippen LogP contribution in [0.5, 0.6) is 0 Å². The van der Waals surface area contributed by atoms with E-state index in [-0.39, 0.29) is 19.2 Å². The van der Waals surface area contributed by atoms with Crippen LogP contribution in [-0.2, 0) is 22.6 Å². The molecule has 0 aromatic heterocycles. The number of aliphatic hydroxyl groups excluding tert-OH is 1. The smallest absolute Gasteiger partial charge is 0.333 e. The quantitative estimate of drug-likeness (QED) is 0.613. The van der Waals surface area contributed by atoms with E-state index in [4.69, 9.17) is 9.84 Å². The molecule has 2 aromatic carbocycles. The maximum absolute atomic E-state index is 11.7. The lowest BCUT2D eigenvalue weighted by atomic mass is 9.96. The molecule has 0 atom stereocenters. The predicted octanol–water partition coefficient (Wildman–Crippen LogP) is 4.21. The van der Waals surface area contributed by atoms with E-state index < -0.39 is 0 Å². The lowest BCUT2D eigenvalue weighted by Crippen LogP contribution is -2.07. The summed E-state index contributed by atoms with van der Waals surface area (Å²) in [6, 6.07) is 14.5. The van der Waals surface area contributed by atoms with Gasteiger partial charge in [-0.15, -0.1) is 0 Å². The van der Waals surface area contributed by atoms with Crippen molar-refractivity contribution in [2.45, 2.75) is 33.3 Å². The van der Waals surface area contributed by atoms with E-state index in [2.05, 4.69) is 56.0 Å². The molecule has 1 N–H and O–H groups in total. The molecule has 0 aliphatic rings. The molecular weight excluding hydrogens is 300 g/mol. The van der Waals surface area contributed by atoms with Crippen molar-refractivity contribution in [3.8, 4) is 11.1 Å². The van der Waals surface area contributed by atoms with Crippen molar-refractivity contribution < 1.29 is 14.6 Å². The van der Waals surface area contributed by atoms with Gasteiger partial charge in [-0.05, 0) is 55.0 Å². The van der Waals surface area contributed by atoms with Crippen LogP contribution in [0.1, 0.15) is 30.0 Å². The second-order valence-corrected chi connectivity index (χ2v) is 6.03. The summed E-state index contributed by atoms with van der Waals surface area (Å²) in [5.41, 5.74) is 5.88. The molecule has 0 aliphatic heterocycles. The number of hydrogen-bond donors (Lipinski definition) is 1. The molecule has 0 radical (unpaired) electrons. The summed E-state index contributed by atoms with van der Waals surface area (Å²) >= 11 is 0. The van der Waals surface area contributed by atoms with Crippen LogP contribution in [-0.4, -0.2) is 17.7 Å². The first-order valence-corrected chi connectivity index (χ1v) is 8.13. The highest BCUT2D eigenvalue weighted by Gasteiger charge is 2.09. The Kier molecular flexibility index (Phi) is 6.33. The van der Waals surface area contributed by atoms with Gasteiger partial charge in [-0.25, -0.2) is 4.79 Å². The maximum Gasteiger partial charge on any atom is 0.333 e. The summed E-state index contributed by atoms with van der Waals surface area (Å²) in [5, 5.41) is 9.07. The molecule has 0 heterocycles. The van der Waals surface area contributed by atoms with E-state index >= 15 is 0 Å². The van der Waals surface area contributed by atoms with Crippen molar-refractivity contribution in [3.05, 3.63) is 71.3 Å². The monoisotopic (exact) mass is 324 g/mol. The number of rotatable bonds is 7. The third-order valence-electron chi connectivity index (χ3n) is 3.90. The zero-order valence-electron chi connectivity index (χ0n) is 14.3. The van der Waals surface area contributed by atoms with Crippen molar-refractivity contribution in [1.29, 1.82) is 0 Å². The fraction of sp³-hybridized carbons (Fsp3) is 0.286. The number of hydrogen-bond acceptors (Lipinski definition) is 3. The number of aliphatic hydroxyl groups is 1. The lowest BCUT2D eigenvalue weighted by Gasteiger charge is -2.13. The minimum Gasteiger partial charge on any atom is -0.457 e. The summed E-state index contributed by atoms with van der Waals surface area (Å²) < 4.78 is 5.32. The van der Waals surface area contributed by atoms with Gasteiger partial charge in [0.1, 0.15) is 6.61 Å². The molecule has 2 aromatic rings. The zero-order valence-corrected chi connectivity index (χ0v) is 14.3. The Hall–Kier alpha value is -2.39. The first kappa shape index (κ1) is 18.0. The van der Waals surface area contributed by atoms with Crippen molar-refractivity contribution in [1.82, 2.24) is 0 Å². The van der Waals surface area contributed by atoms with Gasteiger partial charge in [0, 0.05) is 12.2 Å². The molecule has 0 aliphatic carbocycles. The van der Waals surface area contributed by atoms with Crippen molar-refractivity contribution >= 4 is 5.97 Å². The van der Waals surface area contributed by atoms with Crippen molar-refractivity contribution in [2.24, 2.45) is 0 Å². The number of aryl methyl sites for hydroxylation is 2. The average molecular weight is 324 g/mol. The van der Waals surface area contributed by atoms with Crippen LogP contribution in [0.2, 0.25) is 0 Å². The van der Waals surface area contributed by atoms with Gasteiger partial charge in [0.2, 0.25) is 0 Å². The number of carbonyl (C=O) groups excluding carboxylic acids is 1. The van der Waals surface area contributed by atoms with E-state index in [1.807, 2.05) is 0 Å². The number of carbonyl (C=O) groups is 1. The molecule has 3 nitrogen and oxygen atoms in total. The molecule has 24 heavy (non-hydrogen) atoms. The summed E-state index contributed by atoms with van der Waals surface area (Å²) in [5.74, 6) is -0.385. The van der Waals surface area contributed by atoms with Gasteiger partial charge in [0.15, 0.2) is 0 Å². The molecule has 126 valence electrons. The fourth-order valence-corrected chi connectivity index (χ4v) is 2.47. The van der Waals surface area contributed by atoms with Crippen LogP contribution >= 0.6 is 0 Å². The fourth-order valence-electron chi connectivity index (χ4n) is 2.47. The molecule has 0 saturated carbocycles. The molecule has 2 rings (SSSR count). The molecule has 0 saturated heterocycles. The van der Waals surface area contributed by atoms with Crippen LogP contribution in [0.3, 0.4) is 0 Å². The molecule has 0 spiro atoms. The standard InChI is InChI=1S/C21H24O3/c1-15(2)21(23)24-14-20-13-19(11-10-17(20)5-4-12-22)18-8-6-16(3)7-9-18/h6-11,13,22H,1,4-5,12,14H2,2-3H3. The Morgan fingerprint density at radius 3 is 2.38 bits per heavy atom. The number of ether oxygens (including phenoxy) is 1. The third-order valence-corrected chi connectivity index (χ3v) is 3.90. The Balaban J connectivity index is 2.28. The SMILES string of the molecule is C=C(C)C(=O)OCc1cc(-c2ccc(C)cc2)ccc1CCCO. The van der Waals surface area contributed by atoms with Crippen molar-refractivity contribution in [3.63, 3.8) is 0 Å². The third kappa shape index (κ3) is 4.80. The molecule has 0 bridgehead atoms. The number of benzene rings is 2. The van der Waals surface area contributed by atoms with Crippen LogP contribution in [0.4, 0.5) is 0 Å². The minimum absolute atomic E-state index is 0.144. The van der Waals surface area contributed by atoms with E-state index in [0.29, 0.717) is 12.0 Å². The van der Waals surface area contributed by atoms with Gasteiger partial charge in [-0.3, -0.25) is 0 Å². The second kappa shape index (κ2) is 8.46. The summed E-state index contributed by atoms with van der Waals surface area (Å²) in [6.07, 6.45) is 1.44. The minimum atomic E-state index is -0.385. The molecule has 3 heteroatoms.